The zero-order chi connectivity index (χ0) is 12.4. The molecule has 0 aliphatic carbocycles. The highest BCUT2D eigenvalue weighted by molar-refractivity contribution is 5.78. The van der Waals surface area contributed by atoms with E-state index in [1.165, 1.54) is 0 Å². The molecule has 1 aromatic heterocycles. The Kier molecular flexibility index (Phi) is 3.32. The van der Waals surface area contributed by atoms with Crippen LogP contribution >= 0.6 is 0 Å². The van der Waals surface area contributed by atoms with Crippen molar-refractivity contribution in [3.8, 4) is 0 Å². The molecule has 1 aliphatic heterocycles. The van der Waals surface area contributed by atoms with Crippen molar-refractivity contribution in [2.75, 3.05) is 26.3 Å². The van der Waals surface area contributed by atoms with Gasteiger partial charge >= 0.3 is 0 Å². The predicted octanol–water partition coefficient (Wildman–Crippen LogP) is 1.72. The molecule has 0 bridgehead atoms. The van der Waals surface area contributed by atoms with Gasteiger partial charge in [0.15, 0.2) is 0 Å². The molecule has 2 aromatic rings. The van der Waals surface area contributed by atoms with Crippen molar-refractivity contribution in [1.82, 2.24) is 4.90 Å². The minimum absolute atomic E-state index is 0.569. The molecule has 4 heteroatoms. The number of nitrogens with zero attached hydrogens (tertiary/aromatic N) is 1. The molecule has 3 rings (SSSR count). The summed E-state index contributed by atoms with van der Waals surface area (Å²) in [5.41, 5.74) is 7.72. The van der Waals surface area contributed by atoms with E-state index in [1.807, 2.05) is 12.1 Å². The Hall–Kier alpha value is -1.36. The minimum atomic E-state index is 0.569. The summed E-state index contributed by atoms with van der Waals surface area (Å²) in [6, 6.07) is 8.23. The Morgan fingerprint density at radius 1 is 1.17 bits per heavy atom. The molecular weight excluding hydrogens is 228 g/mol. The summed E-state index contributed by atoms with van der Waals surface area (Å²) >= 11 is 0. The lowest BCUT2D eigenvalue weighted by Crippen LogP contribution is -2.35. The summed E-state index contributed by atoms with van der Waals surface area (Å²) in [6.07, 6.45) is 0. The average molecular weight is 246 g/mol. The number of ether oxygens (including phenoxy) is 1. The van der Waals surface area contributed by atoms with Crippen LogP contribution in [0.3, 0.4) is 0 Å². The number of fused-ring (bicyclic) bond motifs is 1. The molecule has 1 saturated heterocycles. The van der Waals surface area contributed by atoms with Crippen LogP contribution in [0.5, 0.6) is 0 Å². The van der Waals surface area contributed by atoms with Gasteiger partial charge in [-0.25, -0.2) is 0 Å². The van der Waals surface area contributed by atoms with Crippen molar-refractivity contribution in [2.45, 2.75) is 13.1 Å². The van der Waals surface area contributed by atoms with Gasteiger partial charge in [0.25, 0.3) is 0 Å². The quantitative estimate of drug-likeness (QED) is 0.896. The lowest BCUT2D eigenvalue weighted by atomic mass is 10.1. The largest absolute Gasteiger partial charge is 0.460 e. The first kappa shape index (κ1) is 11.7. The first-order valence-electron chi connectivity index (χ1n) is 6.37. The molecule has 0 atom stereocenters. The summed E-state index contributed by atoms with van der Waals surface area (Å²) in [5.74, 6) is 1.01. The molecule has 0 spiro atoms. The minimum Gasteiger partial charge on any atom is -0.460 e. The number of hydrogen-bond acceptors (Lipinski definition) is 4. The highest BCUT2D eigenvalue weighted by Gasteiger charge is 2.13. The molecule has 1 fully saturated rings. The molecule has 0 radical (unpaired) electrons. The standard InChI is InChI=1S/C14H18N2O2/c15-9-11-1-2-14-12(7-11)8-13(18-14)10-16-3-5-17-6-4-16/h1-2,7-8H,3-6,9-10,15H2. The molecule has 96 valence electrons. The highest BCUT2D eigenvalue weighted by atomic mass is 16.5. The fourth-order valence-electron chi connectivity index (χ4n) is 2.33. The van der Waals surface area contributed by atoms with E-state index in [0.717, 1.165) is 55.1 Å². The van der Waals surface area contributed by atoms with Crippen LogP contribution in [0.25, 0.3) is 11.0 Å². The summed E-state index contributed by atoms with van der Waals surface area (Å²) in [7, 11) is 0. The van der Waals surface area contributed by atoms with Crippen LogP contribution in [0.2, 0.25) is 0 Å². The smallest absolute Gasteiger partial charge is 0.134 e. The second-order valence-electron chi connectivity index (χ2n) is 4.68. The number of benzene rings is 1. The Balaban J connectivity index is 1.79. The average Bonchev–Trinajstić information content (AvgIpc) is 2.80. The Morgan fingerprint density at radius 3 is 2.78 bits per heavy atom. The molecule has 0 unspecified atom stereocenters. The monoisotopic (exact) mass is 246 g/mol. The SMILES string of the molecule is NCc1ccc2oc(CN3CCOCC3)cc2c1. The third-order valence-corrected chi connectivity index (χ3v) is 3.35. The lowest BCUT2D eigenvalue weighted by molar-refractivity contribution is 0.0315. The van der Waals surface area contributed by atoms with Crippen LogP contribution in [-0.2, 0) is 17.8 Å². The summed E-state index contributed by atoms with van der Waals surface area (Å²) in [6.45, 7) is 5.02. The van der Waals surface area contributed by atoms with Gasteiger partial charge in [-0.05, 0) is 23.8 Å². The molecule has 1 aliphatic rings. The Labute approximate surface area is 106 Å². The van der Waals surface area contributed by atoms with Gasteiger partial charge in [-0.2, -0.15) is 0 Å². The van der Waals surface area contributed by atoms with Crippen molar-refractivity contribution in [3.05, 3.63) is 35.6 Å². The van der Waals surface area contributed by atoms with Crippen molar-refractivity contribution >= 4 is 11.0 Å². The van der Waals surface area contributed by atoms with E-state index in [0.29, 0.717) is 6.54 Å². The predicted molar refractivity (Wildman–Crippen MR) is 70.2 cm³/mol. The van der Waals surface area contributed by atoms with Gasteiger partial charge in [-0.15, -0.1) is 0 Å². The molecular formula is C14H18N2O2. The van der Waals surface area contributed by atoms with E-state index in [9.17, 15) is 0 Å². The van der Waals surface area contributed by atoms with Gasteiger partial charge in [0.05, 0.1) is 19.8 Å². The summed E-state index contributed by atoms with van der Waals surface area (Å²) in [4.78, 5) is 2.35. The number of furan rings is 1. The maximum Gasteiger partial charge on any atom is 0.134 e. The molecule has 2 N–H and O–H groups in total. The third-order valence-electron chi connectivity index (χ3n) is 3.35. The van der Waals surface area contributed by atoms with E-state index >= 15 is 0 Å². The van der Waals surface area contributed by atoms with Crippen LogP contribution in [0.1, 0.15) is 11.3 Å². The summed E-state index contributed by atoms with van der Waals surface area (Å²) in [5, 5.41) is 1.14. The van der Waals surface area contributed by atoms with Crippen molar-refractivity contribution in [2.24, 2.45) is 5.73 Å². The fourth-order valence-corrected chi connectivity index (χ4v) is 2.33. The maximum absolute atomic E-state index is 5.85. The van der Waals surface area contributed by atoms with E-state index in [2.05, 4.69) is 17.0 Å². The van der Waals surface area contributed by atoms with E-state index in [-0.39, 0.29) is 0 Å². The molecule has 0 saturated carbocycles. The number of nitrogens with two attached hydrogens (primary N) is 1. The van der Waals surface area contributed by atoms with Crippen LogP contribution in [-0.4, -0.2) is 31.2 Å². The number of hydrogen-bond donors (Lipinski definition) is 1. The molecule has 18 heavy (non-hydrogen) atoms. The van der Waals surface area contributed by atoms with Crippen LogP contribution in [0, 0.1) is 0 Å². The first-order chi connectivity index (χ1) is 8.85. The van der Waals surface area contributed by atoms with Crippen LogP contribution in [0.4, 0.5) is 0 Å². The van der Waals surface area contributed by atoms with Crippen molar-refractivity contribution in [3.63, 3.8) is 0 Å². The lowest BCUT2D eigenvalue weighted by Gasteiger charge is -2.25. The van der Waals surface area contributed by atoms with Crippen molar-refractivity contribution < 1.29 is 9.15 Å². The molecule has 2 heterocycles. The van der Waals surface area contributed by atoms with Gasteiger partial charge in [0.1, 0.15) is 11.3 Å². The normalized spacial score (nSPS) is 17.4. The third kappa shape index (κ3) is 2.41. The van der Waals surface area contributed by atoms with Gasteiger partial charge in [0.2, 0.25) is 0 Å². The van der Waals surface area contributed by atoms with Gasteiger partial charge in [-0.3, -0.25) is 4.90 Å². The topological polar surface area (TPSA) is 51.6 Å². The molecule has 4 nitrogen and oxygen atoms in total. The van der Waals surface area contributed by atoms with E-state index in [1.54, 1.807) is 0 Å². The van der Waals surface area contributed by atoms with Crippen molar-refractivity contribution in [1.29, 1.82) is 0 Å². The molecule has 1 aromatic carbocycles. The maximum atomic E-state index is 5.85. The van der Waals surface area contributed by atoms with Crippen LogP contribution < -0.4 is 5.73 Å². The zero-order valence-electron chi connectivity index (χ0n) is 10.4. The van der Waals surface area contributed by atoms with E-state index in [4.69, 9.17) is 14.9 Å². The fraction of sp³-hybridized carbons (Fsp3) is 0.429. The Bertz CT molecular complexity index is 530. The second kappa shape index (κ2) is 5.10. The van der Waals surface area contributed by atoms with Gasteiger partial charge in [0, 0.05) is 25.0 Å². The zero-order valence-corrected chi connectivity index (χ0v) is 10.4. The molecule has 0 amide bonds. The van der Waals surface area contributed by atoms with E-state index < -0.39 is 0 Å². The second-order valence-corrected chi connectivity index (χ2v) is 4.68. The Morgan fingerprint density at radius 2 is 2.00 bits per heavy atom. The summed E-state index contributed by atoms with van der Waals surface area (Å²) < 4.78 is 11.2. The highest BCUT2D eigenvalue weighted by Crippen LogP contribution is 2.22. The number of morpholine rings is 1. The first-order valence-corrected chi connectivity index (χ1v) is 6.37. The van der Waals surface area contributed by atoms with Gasteiger partial charge in [-0.1, -0.05) is 6.07 Å². The van der Waals surface area contributed by atoms with Crippen LogP contribution in [0.15, 0.2) is 28.7 Å². The van der Waals surface area contributed by atoms with Gasteiger partial charge < -0.3 is 14.9 Å². The number of rotatable bonds is 3.